The van der Waals surface area contributed by atoms with E-state index in [0.29, 0.717) is 37.4 Å². The largest absolute Gasteiger partial charge is 0.450 e. The summed E-state index contributed by atoms with van der Waals surface area (Å²) < 4.78 is 4.94. The van der Waals surface area contributed by atoms with Gasteiger partial charge < -0.3 is 15.0 Å². The van der Waals surface area contributed by atoms with Crippen molar-refractivity contribution in [3.63, 3.8) is 0 Å². The summed E-state index contributed by atoms with van der Waals surface area (Å²) >= 11 is 1.28. The van der Waals surface area contributed by atoms with Crippen molar-refractivity contribution >= 4 is 29.4 Å². The van der Waals surface area contributed by atoms with Gasteiger partial charge in [0, 0.05) is 19.1 Å². The number of nitrogens with zero attached hydrogens (tertiary/aromatic N) is 1. The molecule has 0 atom stereocenters. The average molecular weight is 325 g/mol. The number of hydrogen-bond acceptors (Lipinski definition) is 5. The zero-order chi connectivity index (χ0) is 15.9. The highest BCUT2D eigenvalue weighted by molar-refractivity contribution is 7.12. The van der Waals surface area contributed by atoms with Gasteiger partial charge in [0.05, 0.1) is 11.5 Å². The van der Waals surface area contributed by atoms with E-state index in [9.17, 15) is 14.4 Å². The van der Waals surface area contributed by atoms with Crippen LogP contribution in [0.25, 0.3) is 0 Å². The molecule has 22 heavy (non-hydrogen) atoms. The lowest BCUT2D eigenvalue weighted by Gasteiger charge is -2.31. The van der Waals surface area contributed by atoms with Crippen LogP contribution < -0.4 is 10.6 Å². The van der Waals surface area contributed by atoms with E-state index >= 15 is 0 Å². The molecule has 0 radical (unpaired) electrons. The first-order valence-electron chi connectivity index (χ1n) is 7.17. The van der Waals surface area contributed by atoms with Crippen LogP contribution in [-0.4, -0.2) is 48.7 Å². The fraction of sp³-hybridized carbons (Fsp3) is 0.500. The highest BCUT2D eigenvalue weighted by atomic mass is 32.1. The minimum absolute atomic E-state index is 0.0539. The Balaban J connectivity index is 1.72. The molecule has 0 saturated carbocycles. The number of carbonyl (C=O) groups is 3. The van der Waals surface area contributed by atoms with E-state index in [2.05, 4.69) is 10.6 Å². The number of nitrogens with one attached hydrogen (secondary N) is 2. The second-order valence-corrected chi connectivity index (χ2v) is 5.81. The molecule has 0 unspecified atom stereocenters. The smallest absolute Gasteiger partial charge is 0.409 e. The first-order chi connectivity index (χ1) is 10.6. The third-order valence-electron chi connectivity index (χ3n) is 3.33. The van der Waals surface area contributed by atoms with Gasteiger partial charge in [-0.25, -0.2) is 9.59 Å². The van der Waals surface area contributed by atoms with Crippen molar-refractivity contribution in [2.24, 2.45) is 0 Å². The maximum Gasteiger partial charge on any atom is 0.409 e. The fourth-order valence-electron chi connectivity index (χ4n) is 2.22. The molecular weight excluding hydrogens is 306 g/mol. The number of hydrogen-bond donors (Lipinski definition) is 2. The number of carbonyl (C=O) groups excluding carboxylic acids is 3. The van der Waals surface area contributed by atoms with Crippen molar-refractivity contribution in [2.45, 2.75) is 25.8 Å². The van der Waals surface area contributed by atoms with Crippen LogP contribution in [0.1, 0.15) is 29.4 Å². The zero-order valence-corrected chi connectivity index (χ0v) is 13.1. The Labute approximate surface area is 132 Å². The second kappa shape index (κ2) is 7.79. The first-order valence-corrected chi connectivity index (χ1v) is 8.05. The fourth-order valence-corrected chi connectivity index (χ4v) is 2.83. The molecule has 2 N–H and O–H groups in total. The number of urea groups is 1. The lowest BCUT2D eigenvalue weighted by atomic mass is 10.1. The van der Waals surface area contributed by atoms with Crippen LogP contribution >= 0.6 is 11.3 Å². The van der Waals surface area contributed by atoms with Crippen LogP contribution in [0, 0.1) is 0 Å². The molecule has 0 spiro atoms. The molecule has 120 valence electrons. The monoisotopic (exact) mass is 325 g/mol. The minimum Gasteiger partial charge on any atom is -0.450 e. The predicted octanol–water partition coefficient (Wildman–Crippen LogP) is 1.81. The standard InChI is InChI=1S/C14H19N3O4S/c1-2-21-14(20)17-7-5-10(6-8-17)15-13(19)16-12(18)11-4-3-9-22-11/h3-4,9-10H,2,5-8H2,1H3,(H2,15,16,18,19). The van der Waals surface area contributed by atoms with Gasteiger partial charge in [0.1, 0.15) is 0 Å². The van der Waals surface area contributed by atoms with E-state index < -0.39 is 11.9 Å². The number of rotatable bonds is 3. The van der Waals surface area contributed by atoms with Crippen LogP contribution in [0.5, 0.6) is 0 Å². The number of amides is 4. The maximum absolute atomic E-state index is 11.8. The van der Waals surface area contributed by atoms with E-state index in [0.717, 1.165) is 0 Å². The van der Waals surface area contributed by atoms with Gasteiger partial charge in [0.15, 0.2) is 0 Å². The Morgan fingerprint density at radius 2 is 2.09 bits per heavy atom. The third kappa shape index (κ3) is 4.45. The van der Waals surface area contributed by atoms with E-state index in [1.54, 1.807) is 29.3 Å². The lowest BCUT2D eigenvalue weighted by Crippen LogP contribution is -2.50. The zero-order valence-electron chi connectivity index (χ0n) is 12.3. The van der Waals surface area contributed by atoms with Crippen LogP contribution in [0.2, 0.25) is 0 Å². The molecule has 0 aromatic carbocycles. The highest BCUT2D eigenvalue weighted by Crippen LogP contribution is 2.12. The maximum atomic E-state index is 11.8. The van der Waals surface area contributed by atoms with Crippen molar-refractivity contribution in [2.75, 3.05) is 19.7 Å². The van der Waals surface area contributed by atoms with Crippen molar-refractivity contribution in [3.8, 4) is 0 Å². The summed E-state index contributed by atoms with van der Waals surface area (Å²) in [6, 6.07) is 2.85. The highest BCUT2D eigenvalue weighted by Gasteiger charge is 2.25. The van der Waals surface area contributed by atoms with Gasteiger partial charge >= 0.3 is 12.1 Å². The Hall–Kier alpha value is -2.09. The summed E-state index contributed by atoms with van der Waals surface area (Å²) in [4.78, 5) is 37.2. The van der Waals surface area contributed by atoms with Gasteiger partial charge in [-0.15, -0.1) is 11.3 Å². The van der Waals surface area contributed by atoms with E-state index in [1.165, 1.54) is 11.3 Å². The third-order valence-corrected chi connectivity index (χ3v) is 4.20. The molecule has 2 rings (SSSR count). The molecule has 1 aromatic rings. The molecular formula is C14H19N3O4S. The molecule has 2 heterocycles. The predicted molar refractivity (Wildman–Crippen MR) is 81.9 cm³/mol. The van der Waals surface area contributed by atoms with Gasteiger partial charge in [-0.3, -0.25) is 10.1 Å². The number of ether oxygens (including phenoxy) is 1. The summed E-state index contributed by atoms with van der Waals surface area (Å²) in [6.45, 7) is 3.18. The summed E-state index contributed by atoms with van der Waals surface area (Å²) in [7, 11) is 0. The van der Waals surface area contributed by atoms with Crippen LogP contribution in [0.3, 0.4) is 0 Å². The molecule has 1 aromatic heterocycles. The topological polar surface area (TPSA) is 87.7 Å². The molecule has 1 aliphatic rings. The minimum atomic E-state index is -0.506. The molecule has 4 amide bonds. The Kier molecular flexibility index (Phi) is 5.76. The van der Waals surface area contributed by atoms with Gasteiger partial charge in [-0.1, -0.05) is 6.07 Å². The Bertz CT molecular complexity index is 524. The number of imide groups is 1. The summed E-state index contributed by atoms with van der Waals surface area (Å²) in [6.07, 6.45) is 0.956. The molecule has 0 bridgehead atoms. The average Bonchev–Trinajstić information content (AvgIpc) is 3.02. The molecule has 0 aliphatic carbocycles. The summed E-state index contributed by atoms with van der Waals surface area (Å²) in [5.41, 5.74) is 0. The molecule has 7 nitrogen and oxygen atoms in total. The van der Waals surface area contributed by atoms with Crippen molar-refractivity contribution < 1.29 is 19.1 Å². The van der Waals surface area contributed by atoms with E-state index in [4.69, 9.17) is 4.74 Å². The number of likely N-dealkylation sites (tertiary alicyclic amines) is 1. The Morgan fingerprint density at radius 3 is 2.68 bits per heavy atom. The number of piperidine rings is 1. The van der Waals surface area contributed by atoms with Gasteiger partial charge in [0.25, 0.3) is 5.91 Å². The number of thiophene rings is 1. The molecule has 1 saturated heterocycles. The SMILES string of the molecule is CCOC(=O)N1CCC(NC(=O)NC(=O)c2cccs2)CC1. The summed E-state index contributed by atoms with van der Waals surface area (Å²) in [5.74, 6) is -0.406. The quantitative estimate of drug-likeness (QED) is 0.887. The van der Waals surface area contributed by atoms with E-state index in [-0.39, 0.29) is 12.1 Å². The van der Waals surface area contributed by atoms with Crippen molar-refractivity contribution in [1.82, 2.24) is 15.5 Å². The van der Waals surface area contributed by atoms with Gasteiger partial charge in [0.2, 0.25) is 0 Å². The van der Waals surface area contributed by atoms with Crippen molar-refractivity contribution in [3.05, 3.63) is 22.4 Å². The second-order valence-electron chi connectivity index (χ2n) is 4.87. The molecule has 1 fully saturated rings. The molecule has 1 aliphatic heterocycles. The normalized spacial score (nSPS) is 15.2. The lowest BCUT2D eigenvalue weighted by molar-refractivity contribution is 0.0949. The first kappa shape index (κ1) is 16.3. The van der Waals surface area contributed by atoms with Crippen molar-refractivity contribution in [1.29, 1.82) is 0 Å². The summed E-state index contributed by atoms with van der Waals surface area (Å²) in [5, 5.41) is 6.83. The molecule has 8 heteroatoms. The van der Waals surface area contributed by atoms with E-state index in [1.807, 2.05) is 0 Å². The Morgan fingerprint density at radius 1 is 1.36 bits per heavy atom. The van der Waals surface area contributed by atoms with Crippen LogP contribution in [0.15, 0.2) is 17.5 Å². The van der Waals surface area contributed by atoms with Crippen LogP contribution in [-0.2, 0) is 4.74 Å². The van der Waals surface area contributed by atoms with Gasteiger partial charge in [-0.2, -0.15) is 0 Å². The van der Waals surface area contributed by atoms with Crippen LogP contribution in [0.4, 0.5) is 9.59 Å². The van der Waals surface area contributed by atoms with Gasteiger partial charge in [-0.05, 0) is 31.2 Å².